The summed E-state index contributed by atoms with van der Waals surface area (Å²) >= 11 is 1.03. The number of amides is 1. The normalized spacial score (nSPS) is 12.2. The third kappa shape index (κ3) is 5.51. The maximum Gasteiger partial charge on any atom is 0.332 e. The Hall–Kier alpha value is -2.67. The first-order valence-corrected chi connectivity index (χ1v) is 8.31. The minimum absolute atomic E-state index is 0.205. The van der Waals surface area contributed by atoms with Crippen molar-refractivity contribution in [2.75, 3.05) is 13.2 Å². The van der Waals surface area contributed by atoms with Crippen LogP contribution in [0.4, 0.5) is 0 Å². The van der Waals surface area contributed by atoms with Crippen LogP contribution in [-0.2, 0) is 20.7 Å². The molecule has 1 heterocycles. The summed E-state index contributed by atoms with van der Waals surface area (Å²) in [5.74, 6) is -0.880. The molecule has 126 valence electrons. The molecule has 0 aliphatic carbocycles. The summed E-state index contributed by atoms with van der Waals surface area (Å²) < 4.78 is 5.34. The van der Waals surface area contributed by atoms with Gasteiger partial charge < -0.3 is 15.0 Å². The number of rotatable bonds is 6. The molecular formula is C17H18N2O4S. The van der Waals surface area contributed by atoms with Gasteiger partial charge in [0.1, 0.15) is 9.20 Å². The van der Waals surface area contributed by atoms with Crippen molar-refractivity contribution in [2.24, 2.45) is 0 Å². The first kappa shape index (κ1) is 17.7. The van der Waals surface area contributed by atoms with Crippen LogP contribution in [0.2, 0.25) is 0 Å². The lowest BCUT2D eigenvalue weighted by atomic mass is 10.1. The van der Waals surface area contributed by atoms with Gasteiger partial charge in [0.05, 0.1) is 6.61 Å². The van der Waals surface area contributed by atoms with Crippen molar-refractivity contribution in [3.8, 4) is 0 Å². The Kier molecular flexibility index (Phi) is 6.51. The molecule has 2 aromatic rings. The predicted molar refractivity (Wildman–Crippen MR) is 92.9 cm³/mol. The van der Waals surface area contributed by atoms with Gasteiger partial charge in [0, 0.05) is 18.7 Å². The molecule has 24 heavy (non-hydrogen) atoms. The molecule has 6 nitrogen and oxygen atoms in total. The van der Waals surface area contributed by atoms with E-state index in [0.717, 1.165) is 29.4 Å². The van der Waals surface area contributed by atoms with Crippen LogP contribution in [0.1, 0.15) is 12.5 Å². The Morgan fingerprint density at radius 1 is 1.25 bits per heavy atom. The van der Waals surface area contributed by atoms with Gasteiger partial charge in [-0.2, -0.15) is 0 Å². The van der Waals surface area contributed by atoms with E-state index in [9.17, 15) is 14.4 Å². The molecule has 0 aliphatic rings. The number of ether oxygens (including phenoxy) is 1. The van der Waals surface area contributed by atoms with Crippen LogP contribution in [0.15, 0.2) is 35.1 Å². The van der Waals surface area contributed by atoms with Crippen molar-refractivity contribution < 1.29 is 14.3 Å². The summed E-state index contributed by atoms with van der Waals surface area (Å²) in [5.41, 5.74) is 0.713. The monoisotopic (exact) mass is 346 g/mol. The van der Waals surface area contributed by atoms with Gasteiger partial charge in [-0.25, -0.2) is 4.79 Å². The van der Waals surface area contributed by atoms with Crippen LogP contribution in [0.5, 0.6) is 0 Å². The largest absolute Gasteiger partial charge is 0.463 e. The lowest BCUT2D eigenvalue weighted by Gasteiger charge is -2.01. The van der Waals surface area contributed by atoms with Crippen molar-refractivity contribution in [3.05, 3.63) is 55.4 Å². The second-order valence-corrected chi connectivity index (χ2v) is 5.94. The second kappa shape index (κ2) is 8.83. The summed E-state index contributed by atoms with van der Waals surface area (Å²) in [4.78, 5) is 37.5. The van der Waals surface area contributed by atoms with E-state index in [1.165, 1.54) is 6.08 Å². The molecule has 1 aromatic heterocycles. The zero-order valence-corrected chi connectivity index (χ0v) is 14.0. The van der Waals surface area contributed by atoms with E-state index in [1.54, 1.807) is 6.92 Å². The van der Waals surface area contributed by atoms with Crippen molar-refractivity contribution in [1.29, 1.82) is 0 Å². The number of esters is 1. The van der Waals surface area contributed by atoms with Gasteiger partial charge in [-0.3, -0.25) is 9.59 Å². The number of aromatic nitrogens is 1. The molecule has 0 atom stereocenters. The van der Waals surface area contributed by atoms with Crippen LogP contribution in [0.25, 0.3) is 12.2 Å². The molecule has 0 radical (unpaired) electrons. The summed E-state index contributed by atoms with van der Waals surface area (Å²) in [6.07, 6.45) is 3.15. The molecule has 1 aromatic carbocycles. The molecule has 0 unspecified atom stereocenters. The third-order valence-corrected chi connectivity index (χ3v) is 4.00. The summed E-state index contributed by atoms with van der Waals surface area (Å²) in [5, 5.41) is 2.76. The van der Waals surface area contributed by atoms with E-state index in [-0.39, 0.29) is 17.0 Å². The minimum atomic E-state index is -0.580. The number of hydrogen-bond acceptors (Lipinski definition) is 5. The molecule has 0 fully saturated rings. The molecule has 0 saturated heterocycles. The highest BCUT2D eigenvalue weighted by molar-refractivity contribution is 7.07. The number of benzene rings is 1. The lowest BCUT2D eigenvalue weighted by molar-refractivity contribution is -0.135. The van der Waals surface area contributed by atoms with E-state index in [1.807, 2.05) is 30.3 Å². The highest BCUT2D eigenvalue weighted by Gasteiger charge is 2.02. The topological polar surface area (TPSA) is 88.3 Å². The van der Waals surface area contributed by atoms with Crippen LogP contribution >= 0.6 is 11.3 Å². The van der Waals surface area contributed by atoms with E-state index in [2.05, 4.69) is 10.3 Å². The Balaban J connectivity index is 1.99. The molecular weight excluding hydrogens is 328 g/mol. The fourth-order valence-electron chi connectivity index (χ4n) is 1.96. The molecule has 2 rings (SSSR count). The molecule has 0 bridgehead atoms. The summed E-state index contributed by atoms with van der Waals surface area (Å²) in [6.45, 7) is 2.42. The third-order valence-electron chi connectivity index (χ3n) is 3.03. The molecule has 0 saturated carbocycles. The average molecular weight is 346 g/mol. The standard InChI is InChI=1S/C17H18N2O4S/c1-2-23-16(21)10-13-17(22)19-15(24-13)11-14(20)18-9-8-12-6-4-3-5-7-12/h3-7,10-11H,2,8-9H2,1H3,(H,18,20)(H,19,22)/b13-10-,15-11+. The molecule has 2 N–H and O–H groups in total. The summed E-state index contributed by atoms with van der Waals surface area (Å²) in [7, 11) is 0. The molecule has 0 aliphatic heterocycles. The van der Waals surface area contributed by atoms with Crippen LogP contribution in [0.3, 0.4) is 0 Å². The van der Waals surface area contributed by atoms with Crippen molar-refractivity contribution >= 4 is 35.4 Å². The number of aromatic amines is 1. The zero-order chi connectivity index (χ0) is 17.4. The highest BCUT2D eigenvalue weighted by Crippen LogP contribution is 1.97. The van der Waals surface area contributed by atoms with Gasteiger partial charge in [-0.1, -0.05) is 30.3 Å². The van der Waals surface area contributed by atoms with Crippen molar-refractivity contribution in [2.45, 2.75) is 13.3 Å². The smallest absolute Gasteiger partial charge is 0.332 e. The highest BCUT2D eigenvalue weighted by atomic mass is 32.1. The van der Waals surface area contributed by atoms with E-state index in [0.29, 0.717) is 11.2 Å². The fraction of sp³-hybridized carbons (Fsp3) is 0.235. The number of carbonyl (C=O) groups excluding carboxylic acids is 2. The van der Waals surface area contributed by atoms with Gasteiger partial charge in [-0.15, -0.1) is 11.3 Å². The Bertz CT molecular complexity index is 868. The number of carbonyl (C=O) groups is 2. The number of hydrogen-bond donors (Lipinski definition) is 2. The minimum Gasteiger partial charge on any atom is -0.463 e. The average Bonchev–Trinajstić information content (AvgIpc) is 2.88. The van der Waals surface area contributed by atoms with Gasteiger partial charge in [0.15, 0.2) is 0 Å². The van der Waals surface area contributed by atoms with Crippen LogP contribution in [0, 0.1) is 0 Å². The SMILES string of the molecule is CCOC(=O)/C=c1\s/c(=C/C(=O)NCCc2ccccc2)[nH]c1=O. The fourth-order valence-corrected chi connectivity index (χ4v) is 2.81. The predicted octanol–water partition coefficient (Wildman–Crippen LogP) is -0.0806. The van der Waals surface area contributed by atoms with Gasteiger partial charge in [-0.05, 0) is 18.9 Å². The van der Waals surface area contributed by atoms with Gasteiger partial charge in [0.2, 0.25) is 5.91 Å². The van der Waals surface area contributed by atoms with Crippen molar-refractivity contribution in [1.82, 2.24) is 10.3 Å². The van der Waals surface area contributed by atoms with E-state index >= 15 is 0 Å². The van der Waals surface area contributed by atoms with Gasteiger partial charge in [0.25, 0.3) is 5.56 Å². The number of thiazole rings is 1. The number of H-pyrrole nitrogens is 1. The van der Waals surface area contributed by atoms with Crippen LogP contribution < -0.4 is 20.1 Å². The maximum absolute atomic E-state index is 11.9. The Labute approximate surface area is 142 Å². The first-order chi connectivity index (χ1) is 11.6. The van der Waals surface area contributed by atoms with E-state index < -0.39 is 11.5 Å². The first-order valence-electron chi connectivity index (χ1n) is 7.49. The molecule has 1 amide bonds. The molecule has 7 heteroatoms. The zero-order valence-electron chi connectivity index (χ0n) is 13.2. The van der Waals surface area contributed by atoms with E-state index in [4.69, 9.17) is 4.74 Å². The van der Waals surface area contributed by atoms with Gasteiger partial charge >= 0.3 is 5.97 Å². The Morgan fingerprint density at radius 2 is 2.00 bits per heavy atom. The molecule has 0 spiro atoms. The quantitative estimate of drug-likeness (QED) is 0.716. The lowest BCUT2D eigenvalue weighted by Crippen LogP contribution is -2.25. The van der Waals surface area contributed by atoms with Crippen molar-refractivity contribution in [3.63, 3.8) is 0 Å². The maximum atomic E-state index is 11.9. The number of nitrogens with one attached hydrogen (secondary N) is 2. The summed E-state index contributed by atoms with van der Waals surface area (Å²) in [6, 6.07) is 9.81. The Morgan fingerprint density at radius 3 is 2.71 bits per heavy atom. The second-order valence-electron chi connectivity index (χ2n) is 4.85. The van der Waals surface area contributed by atoms with Crippen LogP contribution in [-0.4, -0.2) is 30.0 Å².